The molecule has 0 unspecified atom stereocenters. The van der Waals surface area contributed by atoms with Crippen LogP contribution < -0.4 is 11.1 Å². The van der Waals surface area contributed by atoms with E-state index in [4.69, 9.17) is 10.9 Å². The molecular formula is C9H20N4O. The molecule has 1 saturated heterocycles. The van der Waals surface area contributed by atoms with Gasteiger partial charge in [0.25, 0.3) is 0 Å². The second-order valence-electron chi connectivity index (χ2n) is 3.64. The summed E-state index contributed by atoms with van der Waals surface area (Å²) in [6, 6.07) is 0. The zero-order valence-corrected chi connectivity index (χ0v) is 8.58. The molecule has 0 aromatic carbocycles. The number of oxime groups is 1. The van der Waals surface area contributed by atoms with Crippen molar-refractivity contribution in [2.24, 2.45) is 10.9 Å². The molecule has 0 bridgehead atoms. The van der Waals surface area contributed by atoms with Gasteiger partial charge in [-0.15, -0.1) is 0 Å². The van der Waals surface area contributed by atoms with Gasteiger partial charge >= 0.3 is 0 Å². The highest BCUT2D eigenvalue weighted by atomic mass is 16.4. The predicted molar refractivity (Wildman–Crippen MR) is 56.6 cm³/mol. The van der Waals surface area contributed by atoms with E-state index in [1.54, 1.807) is 0 Å². The van der Waals surface area contributed by atoms with Crippen molar-refractivity contribution in [3.8, 4) is 0 Å². The van der Waals surface area contributed by atoms with Gasteiger partial charge in [0.2, 0.25) is 0 Å². The van der Waals surface area contributed by atoms with Gasteiger partial charge in [0.05, 0.1) is 0 Å². The van der Waals surface area contributed by atoms with Gasteiger partial charge in [-0.3, -0.25) is 0 Å². The normalized spacial score (nSPS) is 19.0. The maximum atomic E-state index is 8.29. The summed E-state index contributed by atoms with van der Waals surface area (Å²) in [5, 5.41) is 14.5. The zero-order valence-electron chi connectivity index (χ0n) is 8.58. The van der Waals surface area contributed by atoms with Crippen LogP contribution in [0.4, 0.5) is 0 Å². The monoisotopic (exact) mass is 200 g/mol. The molecule has 1 rings (SSSR count). The minimum atomic E-state index is 0.290. The van der Waals surface area contributed by atoms with E-state index in [0.717, 1.165) is 19.6 Å². The lowest BCUT2D eigenvalue weighted by Gasteiger charge is -2.14. The third-order valence-corrected chi connectivity index (χ3v) is 2.49. The number of hydrogen-bond acceptors (Lipinski definition) is 4. The van der Waals surface area contributed by atoms with Crippen molar-refractivity contribution < 1.29 is 5.21 Å². The molecule has 1 fully saturated rings. The van der Waals surface area contributed by atoms with E-state index >= 15 is 0 Å². The van der Waals surface area contributed by atoms with Crippen molar-refractivity contribution in [2.45, 2.75) is 19.3 Å². The summed E-state index contributed by atoms with van der Waals surface area (Å²) in [4.78, 5) is 2.45. The Balaban J connectivity index is 1.89. The largest absolute Gasteiger partial charge is 0.409 e. The fraction of sp³-hybridized carbons (Fsp3) is 0.889. The number of nitrogens with one attached hydrogen (secondary N) is 1. The Morgan fingerprint density at radius 2 is 2.07 bits per heavy atom. The number of rotatable bonds is 6. The van der Waals surface area contributed by atoms with Crippen LogP contribution in [-0.2, 0) is 0 Å². The van der Waals surface area contributed by atoms with Gasteiger partial charge < -0.3 is 21.2 Å². The van der Waals surface area contributed by atoms with Crippen LogP contribution in [0.3, 0.4) is 0 Å². The van der Waals surface area contributed by atoms with Gasteiger partial charge in [-0.25, -0.2) is 0 Å². The maximum Gasteiger partial charge on any atom is 0.140 e. The number of nitrogens with zero attached hydrogens (tertiary/aromatic N) is 2. The van der Waals surface area contributed by atoms with Crippen LogP contribution in [0, 0.1) is 0 Å². The first-order valence-corrected chi connectivity index (χ1v) is 5.22. The summed E-state index contributed by atoms with van der Waals surface area (Å²) in [6.45, 7) is 5.35. The average molecular weight is 200 g/mol. The van der Waals surface area contributed by atoms with Crippen LogP contribution in [0.5, 0.6) is 0 Å². The van der Waals surface area contributed by atoms with Gasteiger partial charge in [0.15, 0.2) is 0 Å². The number of likely N-dealkylation sites (tertiary alicyclic amines) is 1. The van der Waals surface area contributed by atoms with E-state index in [9.17, 15) is 0 Å². The second kappa shape index (κ2) is 6.62. The highest BCUT2D eigenvalue weighted by molar-refractivity contribution is 5.79. The average Bonchev–Trinajstić information content (AvgIpc) is 2.69. The van der Waals surface area contributed by atoms with E-state index in [2.05, 4.69) is 15.4 Å². The molecule has 0 aromatic heterocycles. The Hall–Kier alpha value is -0.810. The maximum absolute atomic E-state index is 8.29. The van der Waals surface area contributed by atoms with Gasteiger partial charge in [-0.1, -0.05) is 5.16 Å². The van der Waals surface area contributed by atoms with Gasteiger partial charge in [0, 0.05) is 26.1 Å². The van der Waals surface area contributed by atoms with Crippen LogP contribution in [-0.4, -0.2) is 48.7 Å². The molecule has 1 aliphatic heterocycles. The summed E-state index contributed by atoms with van der Waals surface area (Å²) < 4.78 is 0. The number of nitrogens with two attached hydrogens (primary N) is 1. The number of amidine groups is 1. The highest BCUT2D eigenvalue weighted by Gasteiger charge is 2.09. The molecule has 82 valence electrons. The lowest BCUT2D eigenvalue weighted by Crippen LogP contribution is -2.31. The fourth-order valence-corrected chi connectivity index (χ4v) is 1.63. The summed E-state index contributed by atoms with van der Waals surface area (Å²) in [7, 11) is 0. The molecule has 0 spiro atoms. The molecule has 5 heteroatoms. The summed E-state index contributed by atoms with van der Waals surface area (Å²) in [6.07, 6.45) is 3.28. The molecule has 14 heavy (non-hydrogen) atoms. The van der Waals surface area contributed by atoms with Gasteiger partial charge in [-0.05, 0) is 25.9 Å². The Bertz CT molecular complexity index is 178. The topological polar surface area (TPSA) is 73.9 Å². The van der Waals surface area contributed by atoms with Crippen molar-refractivity contribution in [2.75, 3.05) is 32.7 Å². The standard InChI is InChI=1S/C9H20N4O/c10-9(12-14)3-4-11-5-8-13-6-1-2-7-13/h11,14H,1-8H2,(H2,10,12). The van der Waals surface area contributed by atoms with Crippen LogP contribution in [0.25, 0.3) is 0 Å². The Kier molecular flexibility index (Phi) is 5.32. The molecule has 1 aliphatic rings. The van der Waals surface area contributed by atoms with E-state index < -0.39 is 0 Å². The quantitative estimate of drug-likeness (QED) is 0.183. The van der Waals surface area contributed by atoms with Crippen LogP contribution in [0.2, 0.25) is 0 Å². The second-order valence-corrected chi connectivity index (χ2v) is 3.64. The van der Waals surface area contributed by atoms with E-state index in [0.29, 0.717) is 12.3 Å². The SMILES string of the molecule is NC(CCNCCN1CCCC1)=NO. The van der Waals surface area contributed by atoms with Crippen LogP contribution in [0.1, 0.15) is 19.3 Å². The van der Waals surface area contributed by atoms with E-state index in [1.807, 2.05) is 0 Å². The summed E-state index contributed by atoms with van der Waals surface area (Å²) >= 11 is 0. The van der Waals surface area contributed by atoms with Gasteiger partial charge in [-0.2, -0.15) is 0 Å². The third-order valence-electron chi connectivity index (χ3n) is 2.49. The van der Waals surface area contributed by atoms with Crippen LogP contribution >= 0.6 is 0 Å². The van der Waals surface area contributed by atoms with Gasteiger partial charge in [0.1, 0.15) is 5.84 Å². The Labute approximate surface area is 84.9 Å². The predicted octanol–water partition coefficient (Wildman–Crippen LogP) is -0.192. The van der Waals surface area contributed by atoms with Crippen molar-refractivity contribution in [1.82, 2.24) is 10.2 Å². The summed E-state index contributed by atoms with van der Waals surface area (Å²) in [5.41, 5.74) is 5.33. The van der Waals surface area contributed by atoms with E-state index in [1.165, 1.54) is 25.9 Å². The lowest BCUT2D eigenvalue weighted by molar-refractivity contribution is 0.316. The van der Waals surface area contributed by atoms with Crippen molar-refractivity contribution in [1.29, 1.82) is 0 Å². The zero-order chi connectivity index (χ0) is 10.2. The highest BCUT2D eigenvalue weighted by Crippen LogP contribution is 2.05. The minimum absolute atomic E-state index is 0.290. The molecule has 4 N–H and O–H groups in total. The molecule has 0 atom stereocenters. The smallest absolute Gasteiger partial charge is 0.140 e. The molecule has 0 aromatic rings. The first kappa shape index (κ1) is 11.3. The van der Waals surface area contributed by atoms with Crippen molar-refractivity contribution >= 4 is 5.84 Å². The molecule has 1 heterocycles. The Morgan fingerprint density at radius 1 is 1.36 bits per heavy atom. The van der Waals surface area contributed by atoms with Crippen molar-refractivity contribution in [3.05, 3.63) is 0 Å². The molecule has 0 amide bonds. The first-order valence-electron chi connectivity index (χ1n) is 5.22. The Morgan fingerprint density at radius 3 is 2.71 bits per heavy atom. The molecule has 5 nitrogen and oxygen atoms in total. The molecular weight excluding hydrogens is 180 g/mol. The third kappa shape index (κ3) is 4.43. The molecule has 0 aliphatic carbocycles. The fourth-order valence-electron chi connectivity index (χ4n) is 1.63. The van der Waals surface area contributed by atoms with Crippen LogP contribution in [0.15, 0.2) is 5.16 Å². The summed E-state index contributed by atoms with van der Waals surface area (Å²) in [5.74, 6) is 0.290. The number of hydrogen-bond donors (Lipinski definition) is 3. The molecule has 0 radical (unpaired) electrons. The molecule has 0 saturated carbocycles. The minimum Gasteiger partial charge on any atom is -0.409 e. The lowest BCUT2D eigenvalue weighted by atomic mass is 10.4. The van der Waals surface area contributed by atoms with Crippen molar-refractivity contribution in [3.63, 3.8) is 0 Å². The van der Waals surface area contributed by atoms with E-state index in [-0.39, 0.29) is 0 Å². The first-order chi connectivity index (χ1) is 6.83.